The summed E-state index contributed by atoms with van der Waals surface area (Å²) in [6, 6.07) is 20.6. The average molecular weight is 559 g/mol. The molecule has 0 aliphatic carbocycles. The van der Waals surface area contributed by atoms with Crippen molar-refractivity contribution in [1.29, 1.82) is 0 Å². The van der Waals surface area contributed by atoms with E-state index in [1.54, 1.807) is 60.7 Å². The molecule has 5 rings (SSSR count). The summed E-state index contributed by atoms with van der Waals surface area (Å²) in [5.74, 6) is 0.416. The molecule has 40 heavy (non-hydrogen) atoms. The molecule has 1 aromatic heterocycles. The molecule has 0 radical (unpaired) electrons. The number of nitro benzene ring substituents is 1. The van der Waals surface area contributed by atoms with Gasteiger partial charge in [-0.15, -0.1) is 0 Å². The molecule has 2 heterocycles. The molecule has 12 heteroatoms. The first-order chi connectivity index (χ1) is 19.4. The van der Waals surface area contributed by atoms with Gasteiger partial charge in [0, 0.05) is 23.3 Å². The molecule has 2 amide bonds. The van der Waals surface area contributed by atoms with Crippen LogP contribution in [0.4, 0.5) is 5.69 Å². The molecule has 0 saturated carbocycles. The van der Waals surface area contributed by atoms with E-state index in [4.69, 9.17) is 25.5 Å². The van der Waals surface area contributed by atoms with Crippen molar-refractivity contribution in [2.75, 3.05) is 6.79 Å². The zero-order valence-corrected chi connectivity index (χ0v) is 21.3. The summed E-state index contributed by atoms with van der Waals surface area (Å²) >= 11 is 6.18. The van der Waals surface area contributed by atoms with Crippen LogP contribution in [0.2, 0.25) is 5.02 Å². The van der Waals surface area contributed by atoms with E-state index in [9.17, 15) is 19.7 Å². The first-order valence-corrected chi connectivity index (χ1v) is 12.1. The zero-order valence-electron chi connectivity index (χ0n) is 20.5. The molecule has 1 aliphatic heterocycles. The van der Waals surface area contributed by atoms with E-state index in [0.717, 1.165) is 0 Å². The molecule has 4 aromatic rings. The van der Waals surface area contributed by atoms with Crippen LogP contribution >= 0.6 is 11.6 Å². The third-order valence-electron chi connectivity index (χ3n) is 5.65. The number of rotatable bonds is 8. The number of carbonyl (C=O) groups excluding carboxylic acids is 2. The van der Waals surface area contributed by atoms with Crippen molar-refractivity contribution in [3.05, 3.63) is 117 Å². The van der Waals surface area contributed by atoms with E-state index >= 15 is 0 Å². The fourth-order valence-corrected chi connectivity index (χ4v) is 3.92. The van der Waals surface area contributed by atoms with Crippen molar-refractivity contribution in [3.8, 4) is 22.8 Å². The number of amides is 2. The molecule has 200 valence electrons. The minimum absolute atomic E-state index is 0.0756. The second-order valence-electron chi connectivity index (χ2n) is 8.31. The Morgan fingerprint density at radius 1 is 0.975 bits per heavy atom. The largest absolute Gasteiger partial charge is 0.455 e. The van der Waals surface area contributed by atoms with Crippen LogP contribution in [0.15, 0.2) is 94.1 Å². The molecule has 0 unspecified atom stereocenters. The number of carbonyl (C=O) groups is 2. The second-order valence-corrected chi connectivity index (χ2v) is 8.72. The van der Waals surface area contributed by atoms with Gasteiger partial charge in [-0.05, 0) is 54.1 Å². The highest BCUT2D eigenvalue weighted by Crippen LogP contribution is 2.33. The highest BCUT2D eigenvalue weighted by atomic mass is 35.5. The minimum atomic E-state index is -0.702. The van der Waals surface area contributed by atoms with Gasteiger partial charge in [-0.2, -0.15) is 5.10 Å². The Hall–Kier alpha value is -5.42. The molecule has 11 nitrogen and oxygen atoms in total. The maximum absolute atomic E-state index is 13.0. The quantitative estimate of drug-likeness (QED) is 0.131. The van der Waals surface area contributed by atoms with Crippen LogP contribution in [-0.4, -0.2) is 29.7 Å². The summed E-state index contributed by atoms with van der Waals surface area (Å²) < 4.78 is 16.4. The fourth-order valence-electron chi connectivity index (χ4n) is 3.71. The Kier molecular flexibility index (Phi) is 7.56. The second kappa shape index (κ2) is 11.5. The van der Waals surface area contributed by atoms with E-state index in [2.05, 4.69) is 15.8 Å². The van der Waals surface area contributed by atoms with Crippen LogP contribution in [0.25, 0.3) is 17.4 Å². The lowest BCUT2D eigenvalue weighted by Gasteiger charge is -2.09. The number of halogens is 1. The molecule has 1 aliphatic rings. The van der Waals surface area contributed by atoms with Gasteiger partial charge in [0.05, 0.1) is 16.2 Å². The smallest absolute Gasteiger partial charge is 0.287 e. The summed E-state index contributed by atoms with van der Waals surface area (Å²) in [6.45, 7) is 0.0944. The molecular weight excluding hydrogens is 540 g/mol. The van der Waals surface area contributed by atoms with Gasteiger partial charge < -0.3 is 19.2 Å². The van der Waals surface area contributed by atoms with Gasteiger partial charge in [0.25, 0.3) is 17.5 Å². The summed E-state index contributed by atoms with van der Waals surface area (Å²) in [4.78, 5) is 36.4. The third kappa shape index (κ3) is 6.00. The molecule has 0 fully saturated rings. The van der Waals surface area contributed by atoms with Gasteiger partial charge in [0.1, 0.15) is 17.2 Å². The van der Waals surface area contributed by atoms with Crippen LogP contribution in [0.1, 0.15) is 21.7 Å². The number of nitro groups is 1. The number of non-ortho nitro benzene ring substituents is 1. The topological polar surface area (TPSA) is 145 Å². The van der Waals surface area contributed by atoms with E-state index in [-0.39, 0.29) is 34.7 Å². The Morgan fingerprint density at radius 2 is 1.77 bits per heavy atom. The molecule has 0 atom stereocenters. The van der Waals surface area contributed by atoms with Gasteiger partial charge >= 0.3 is 0 Å². The van der Waals surface area contributed by atoms with Crippen LogP contribution < -0.4 is 20.2 Å². The van der Waals surface area contributed by atoms with Crippen LogP contribution in [0, 0.1) is 10.1 Å². The molecule has 0 saturated heterocycles. The monoisotopic (exact) mass is 558 g/mol. The molecule has 3 aromatic carbocycles. The van der Waals surface area contributed by atoms with Crippen LogP contribution in [0.5, 0.6) is 11.5 Å². The standard InChI is InChI=1S/C28H19ClN4O7/c29-22-9-7-19(33(36)37)14-21(22)24-11-8-20(40-24)15-30-32-28(35)23(31-27(34)18-4-2-1-3-5-18)12-17-6-10-25-26(13-17)39-16-38-25/h1-15H,16H2,(H,31,34)(H,32,35). The maximum atomic E-state index is 13.0. The lowest BCUT2D eigenvalue weighted by atomic mass is 10.1. The summed E-state index contributed by atoms with van der Waals surface area (Å²) in [5.41, 5.74) is 3.41. The van der Waals surface area contributed by atoms with Crippen molar-refractivity contribution in [3.63, 3.8) is 0 Å². The number of ether oxygens (including phenoxy) is 2. The highest BCUT2D eigenvalue weighted by Gasteiger charge is 2.17. The van der Waals surface area contributed by atoms with Crippen molar-refractivity contribution >= 4 is 41.4 Å². The summed E-state index contributed by atoms with van der Waals surface area (Å²) in [6.07, 6.45) is 2.72. The van der Waals surface area contributed by atoms with E-state index in [0.29, 0.717) is 28.2 Å². The fraction of sp³-hybridized carbons (Fsp3) is 0.0357. The summed E-state index contributed by atoms with van der Waals surface area (Å²) in [7, 11) is 0. The Balaban J connectivity index is 1.34. The maximum Gasteiger partial charge on any atom is 0.287 e. The highest BCUT2D eigenvalue weighted by molar-refractivity contribution is 6.33. The lowest BCUT2D eigenvalue weighted by molar-refractivity contribution is -0.384. The number of hydrogen-bond acceptors (Lipinski definition) is 8. The van der Waals surface area contributed by atoms with Gasteiger partial charge in [-0.3, -0.25) is 19.7 Å². The predicted molar refractivity (Wildman–Crippen MR) is 146 cm³/mol. The number of furan rings is 1. The third-order valence-corrected chi connectivity index (χ3v) is 5.98. The molecule has 0 spiro atoms. The van der Waals surface area contributed by atoms with Gasteiger partial charge in [-0.1, -0.05) is 35.9 Å². The zero-order chi connectivity index (χ0) is 28.1. The summed E-state index contributed by atoms with van der Waals surface area (Å²) in [5, 5.41) is 17.9. The Bertz CT molecular complexity index is 1660. The van der Waals surface area contributed by atoms with Gasteiger partial charge in [-0.25, -0.2) is 5.43 Å². The first kappa shape index (κ1) is 26.2. The molecule has 2 N–H and O–H groups in total. The molecular formula is C28H19ClN4O7. The Labute approximate surface area is 231 Å². The number of benzene rings is 3. The minimum Gasteiger partial charge on any atom is -0.455 e. The number of nitrogens with one attached hydrogen (secondary N) is 2. The predicted octanol–water partition coefficient (Wildman–Crippen LogP) is 5.16. The normalized spacial score (nSPS) is 12.4. The van der Waals surface area contributed by atoms with Crippen LogP contribution in [0.3, 0.4) is 0 Å². The number of fused-ring (bicyclic) bond motifs is 1. The number of nitrogens with zero attached hydrogens (tertiary/aromatic N) is 2. The SMILES string of the molecule is O=C(NN=Cc1ccc(-c2cc([N+](=O)[O-])ccc2Cl)o1)C(=Cc1ccc2c(c1)OCO2)NC(=O)c1ccccc1. The first-order valence-electron chi connectivity index (χ1n) is 11.7. The van der Waals surface area contributed by atoms with Crippen molar-refractivity contribution in [2.45, 2.75) is 0 Å². The van der Waals surface area contributed by atoms with Crippen molar-refractivity contribution in [1.82, 2.24) is 10.7 Å². The average Bonchev–Trinajstić information content (AvgIpc) is 3.62. The van der Waals surface area contributed by atoms with Crippen molar-refractivity contribution < 1.29 is 28.4 Å². The van der Waals surface area contributed by atoms with E-state index in [1.165, 1.54) is 30.5 Å². The number of hydrazone groups is 1. The van der Waals surface area contributed by atoms with Gasteiger partial charge in [0.2, 0.25) is 6.79 Å². The molecule has 0 bridgehead atoms. The van der Waals surface area contributed by atoms with Crippen LogP contribution in [-0.2, 0) is 4.79 Å². The lowest BCUT2D eigenvalue weighted by Crippen LogP contribution is -2.32. The Morgan fingerprint density at radius 3 is 2.58 bits per heavy atom. The van der Waals surface area contributed by atoms with E-state index < -0.39 is 16.7 Å². The number of hydrogen-bond donors (Lipinski definition) is 2. The van der Waals surface area contributed by atoms with Crippen molar-refractivity contribution in [2.24, 2.45) is 5.10 Å². The van der Waals surface area contributed by atoms with E-state index in [1.807, 2.05) is 0 Å². The van der Waals surface area contributed by atoms with Gasteiger partial charge in [0.15, 0.2) is 11.5 Å².